The first-order valence-electron chi connectivity index (χ1n) is 26.6. The second kappa shape index (κ2) is 52.2. The Labute approximate surface area is 395 Å². The minimum Gasteiger partial charge on any atom is -0.462 e. The topological polar surface area (TPSA) is 78.9 Å². The summed E-state index contributed by atoms with van der Waals surface area (Å²) in [5, 5.41) is 0. The van der Waals surface area contributed by atoms with Crippen molar-refractivity contribution in [2.45, 2.75) is 252 Å². The lowest BCUT2D eigenvalue weighted by molar-refractivity contribution is -0.167. The minimum absolute atomic E-state index is 0.0863. The zero-order valence-corrected chi connectivity index (χ0v) is 41.8. The predicted octanol–water partition coefficient (Wildman–Crippen LogP) is 17.6. The van der Waals surface area contributed by atoms with Crippen molar-refractivity contribution in [1.82, 2.24) is 0 Å². The number of carbonyl (C=O) groups excluding carboxylic acids is 3. The second-order valence-electron chi connectivity index (χ2n) is 17.4. The van der Waals surface area contributed by atoms with E-state index in [2.05, 4.69) is 106 Å². The molecular formula is C58H98O6. The first-order chi connectivity index (χ1) is 31.5. The molecule has 0 saturated carbocycles. The van der Waals surface area contributed by atoms with Crippen LogP contribution in [-0.2, 0) is 28.6 Å². The van der Waals surface area contributed by atoms with Crippen LogP contribution in [0.5, 0.6) is 0 Å². The molecule has 64 heavy (non-hydrogen) atoms. The van der Waals surface area contributed by atoms with Crippen molar-refractivity contribution in [3.05, 3.63) is 85.1 Å². The van der Waals surface area contributed by atoms with Gasteiger partial charge in [0.25, 0.3) is 0 Å². The van der Waals surface area contributed by atoms with Crippen molar-refractivity contribution in [3.63, 3.8) is 0 Å². The highest BCUT2D eigenvalue weighted by Crippen LogP contribution is 2.14. The SMILES string of the molecule is CC/C=C\C/C=C\C/C=C\C/C=C\CCCCCCCCC(=O)OCC(COC(=O)CCCCCCCCCC)OC(=O)CCCCCCCC/C=C\C/C=C\C/C=C\CCCCC. The molecule has 0 radical (unpaired) electrons. The van der Waals surface area contributed by atoms with Gasteiger partial charge >= 0.3 is 17.9 Å². The molecule has 0 bridgehead atoms. The van der Waals surface area contributed by atoms with Crippen LogP contribution in [0, 0.1) is 0 Å². The van der Waals surface area contributed by atoms with E-state index in [1.54, 1.807) is 0 Å². The highest BCUT2D eigenvalue weighted by Gasteiger charge is 2.19. The van der Waals surface area contributed by atoms with Gasteiger partial charge in [0.05, 0.1) is 0 Å². The lowest BCUT2D eigenvalue weighted by Crippen LogP contribution is -2.30. The van der Waals surface area contributed by atoms with E-state index in [1.807, 2.05) is 0 Å². The van der Waals surface area contributed by atoms with Crippen molar-refractivity contribution in [2.24, 2.45) is 0 Å². The van der Waals surface area contributed by atoms with Gasteiger partial charge in [0.2, 0.25) is 0 Å². The summed E-state index contributed by atoms with van der Waals surface area (Å²) in [6.45, 7) is 6.44. The summed E-state index contributed by atoms with van der Waals surface area (Å²) in [6.07, 6.45) is 67.1. The fourth-order valence-electron chi connectivity index (χ4n) is 7.15. The van der Waals surface area contributed by atoms with Gasteiger partial charge in [-0.1, -0.05) is 215 Å². The van der Waals surface area contributed by atoms with Crippen LogP contribution in [0.4, 0.5) is 0 Å². The lowest BCUT2D eigenvalue weighted by Gasteiger charge is -2.18. The van der Waals surface area contributed by atoms with E-state index in [4.69, 9.17) is 14.2 Å². The fraction of sp³-hybridized carbons (Fsp3) is 0.707. The number of rotatable bonds is 47. The van der Waals surface area contributed by atoms with Gasteiger partial charge in [-0.15, -0.1) is 0 Å². The molecule has 0 aromatic heterocycles. The monoisotopic (exact) mass is 891 g/mol. The van der Waals surface area contributed by atoms with Crippen molar-refractivity contribution < 1.29 is 28.6 Å². The van der Waals surface area contributed by atoms with Gasteiger partial charge < -0.3 is 14.2 Å². The first-order valence-corrected chi connectivity index (χ1v) is 26.6. The van der Waals surface area contributed by atoms with E-state index in [0.717, 1.165) is 116 Å². The smallest absolute Gasteiger partial charge is 0.306 e. The average molecular weight is 891 g/mol. The molecule has 0 N–H and O–H groups in total. The highest BCUT2D eigenvalue weighted by molar-refractivity contribution is 5.71. The maximum atomic E-state index is 12.8. The van der Waals surface area contributed by atoms with Crippen LogP contribution in [0.25, 0.3) is 0 Å². The Morgan fingerprint density at radius 3 is 0.984 bits per heavy atom. The molecule has 1 atom stereocenters. The van der Waals surface area contributed by atoms with Crippen LogP contribution < -0.4 is 0 Å². The second-order valence-corrected chi connectivity index (χ2v) is 17.4. The quantitative estimate of drug-likeness (QED) is 0.0262. The van der Waals surface area contributed by atoms with Crippen molar-refractivity contribution in [1.29, 1.82) is 0 Å². The summed E-state index contributed by atoms with van der Waals surface area (Å²) in [5.41, 5.74) is 0. The van der Waals surface area contributed by atoms with Crippen LogP contribution in [0.3, 0.4) is 0 Å². The summed E-state index contributed by atoms with van der Waals surface area (Å²) in [7, 11) is 0. The fourth-order valence-corrected chi connectivity index (χ4v) is 7.15. The van der Waals surface area contributed by atoms with E-state index in [9.17, 15) is 14.4 Å². The molecule has 366 valence electrons. The van der Waals surface area contributed by atoms with E-state index < -0.39 is 6.10 Å². The molecule has 0 aliphatic carbocycles. The van der Waals surface area contributed by atoms with Gasteiger partial charge in [0.1, 0.15) is 13.2 Å². The third-order valence-corrected chi connectivity index (χ3v) is 11.1. The molecule has 1 unspecified atom stereocenters. The molecule has 0 fully saturated rings. The summed E-state index contributed by atoms with van der Waals surface area (Å²) in [5.74, 6) is -0.917. The summed E-state index contributed by atoms with van der Waals surface area (Å²) in [6, 6.07) is 0. The van der Waals surface area contributed by atoms with E-state index in [0.29, 0.717) is 19.3 Å². The Morgan fingerprint density at radius 2 is 0.609 bits per heavy atom. The number of ether oxygens (including phenoxy) is 3. The number of esters is 3. The maximum absolute atomic E-state index is 12.8. The molecule has 0 rings (SSSR count). The highest BCUT2D eigenvalue weighted by atomic mass is 16.6. The number of carbonyl (C=O) groups is 3. The Bertz CT molecular complexity index is 1250. The van der Waals surface area contributed by atoms with Crippen molar-refractivity contribution in [2.75, 3.05) is 13.2 Å². The van der Waals surface area contributed by atoms with Crippen molar-refractivity contribution >= 4 is 17.9 Å². The molecule has 0 heterocycles. The molecular weight excluding hydrogens is 793 g/mol. The summed E-state index contributed by atoms with van der Waals surface area (Å²) < 4.78 is 16.8. The molecule has 0 spiro atoms. The molecule has 0 aromatic rings. The molecule has 6 nitrogen and oxygen atoms in total. The molecule has 0 saturated heterocycles. The van der Waals surface area contributed by atoms with Crippen LogP contribution in [0.1, 0.15) is 245 Å². The lowest BCUT2D eigenvalue weighted by atomic mass is 10.1. The van der Waals surface area contributed by atoms with Crippen molar-refractivity contribution in [3.8, 4) is 0 Å². The van der Waals surface area contributed by atoms with Gasteiger partial charge in [-0.3, -0.25) is 14.4 Å². The van der Waals surface area contributed by atoms with Gasteiger partial charge in [-0.25, -0.2) is 0 Å². The Balaban J connectivity index is 4.34. The number of hydrogen-bond donors (Lipinski definition) is 0. The Hall–Kier alpha value is -3.41. The van der Waals surface area contributed by atoms with Gasteiger partial charge in [0.15, 0.2) is 6.10 Å². The van der Waals surface area contributed by atoms with Crippen LogP contribution in [0.2, 0.25) is 0 Å². The van der Waals surface area contributed by atoms with E-state index in [-0.39, 0.29) is 31.1 Å². The molecule has 0 aliphatic rings. The van der Waals surface area contributed by atoms with Gasteiger partial charge in [-0.05, 0) is 96.3 Å². The number of unbranched alkanes of at least 4 members (excludes halogenated alkanes) is 22. The molecule has 0 amide bonds. The average Bonchev–Trinajstić information content (AvgIpc) is 3.29. The van der Waals surface area contributed by atoms with Crippen LogP contribution >= 0.6 is 0 Å². The largest absolute Gasteiger partial charge is 0.462 e. The minimum atomic E-state index is -0.787. The molecule has 0 aliphatic heterocycles. The third-order valence-electron chi connectivity index (χ3n) is 11.1. The molecule has 0 aromatic carbocycles. The van der Waals surface area contributed by atoms with Gasteiger partial charge in [0, 0.05) is 19.3 Å². The summed E-state index contributed by atoms with van der Waals surface area (Å²) >= 11 is 0. The van der Waals surface area contributed by atoms with Gasteiger partial charge in [-0.2, -0.15) is 0 Å². The number of hydrogen-bond acceptors (Lipinski definition) is 6. The normalized spacial score (nSPS) is 12.7. The molecule has 6 heteroatoms. The van der Waals surface area contributed by atoms with E-state index >= 15 is 0 Å². The Kier molecular flexibility index (Phi) is 49.4. The first kappa shape index (κ1) is 60.6. The Morgan fingerprint density at radius 1 is 0.328 bits per heavy atom. The summed E-state index contributed by atoms with van der Waals surface area (Å²) in [4.78, 5) is 37.9. The number of allylic oxidation sites excluding steroid dienone is 14. The third kappa shape index (κ3) is 49.6. The predicted molar refractivity (Wildman–Crippen MR) is 274 cm³/mol. The maximum Gasteiger partial charge on any atom is 0.306 e. The zero-order chi connectivity index (χ0) is 46.5. The van der Waals surface area contributed by atoms with E-state index in [1.165, 1.54) is 89.9 Å². The van der Waals surface area contributed by atoms with Crippen LogP contribution in [-0.4, -0.2) is 37.2 Å². The van der Waals surface area contributed by atoms with Crippen LogP contribution in [0.15, 0.2) is 85.1 Å². The zero-order valence-electron chi connectivity index (χ0n) is 41.8. The standard InChI is InChI=1S/C58H98O6/c1-4-7-10-13-16-19-21-23-25-27-29-31-33-35-37-39-42-45-48-51-57(60)63-54-55(53-62-56(59)50-47-44-41-18-15-12-9-6-3)64-58(61)52-49-46-43-40-38-36-34-32-30-28-26-24-22-20-17-14-11-8-5-2/h7,10,16-17,19-20,23-26,29-32,55H,4-6,8-9,11-15,18,21-22,27-28,33-54H2,1-3H3/b10-7-,19-16-,20-17-,25-23-,26-24-,31-29-,32-30-.